The molecule has 0 spiro atoms. The maximum Gasteiger partial charge on any atom is 0.155 e. The average molecular weight is 265 g/mol. The van der Waals surface area contributed by atoms with Gasteiger partial charge in [-0.05, 0) is 59.5 Å². The molecule has 1 unspecified atom stereocenters. The quantitative estimate of drug-likeness (QED) is 0.849. The summed E-state index contributed by atoms with van der Waals surface area (Å²) in [5, 5.41) is 3.14. The number of halogens is 1. The third-order valence-electron chi connectivity index (χ3n) is 3.48. The zero-order chi connectivity index (χ0) is 13.2. The number of sulfone groups is 1. The highest BCUT2D eigenvalue weighted by atomic mass is 32.2. The van der Waals surface area contributed by atoms with Gasteiger partial charge in [-0.25, -0.2) is 12.8 Å². The standard InChI is InChI=1S/C12H24FNO2S/c1-11(2,3)17(15,16)10-7-12(13)5-4-8-14-9-6-12/h14H,4-10H2,1-3H3. The molecule has 1 atom stereocenters. The van der Waals surface area contributed by atoms with Gasteiger partial charge in [0.15, 0.2) is 9.84 Å². The SMILES string of the molecule is CC(C)(C)S(=O)(=O)CCC1(F)CCCNCC1. The molecule has 0 aromatic carbocycles. The molecule has 0 aliphatic carbocycles. The summed E-state index contributed by atoms with van der Waals surface area (Å²) in [5.41, 5.74) is -1.30. The molecule has 1 aliphatic heterocycles. The fraction of sp³-hybridized carbons (Fsp3) is 1.00. The summed E-state index contributed by atoms with van der Waals surface area (Å²) in [6.07, 6.45) is 1.81. The van der Waals surface area contributed by atoms with Crippen LogP contribution in [0.15, 0.2) is 0 Å². The van der Waals surface area contributed by atoms with Crippen LogP contribution in [0.2, 0.25) is 0 Å². The van der Waals surface area contributed by atoms with Crippen molar-refractivity contribution >= 4 is 9.84 Å². The van der Waals surface area contributed by atoms with E-state index in [1.807, 2.05) is 0 Å². The molecule has 3 nitrogen and oxygen atoms in total. The summed E-state index contributed by atoms with van der Waals surface area (Å²) < 4.78 is 37.5. The third kappa shape index (κ3) is 4.21. The second-order valence-electron chi connectivity index (χ2n) is 5.94. The molecule has 1 saturated heterocycles. The Bertz CT molecular complexity index is 338. The molecule has 1 rings (SSSR count). The van der Waals surface area contributed by atoms with Crippen molar-refractivity contribution in [2.24, 2.45) is 0 Å². The van der Waals surface area contributed by atoms with E-state index in [-0.39, 0.29) is 12.2 Å². The number of hydrogen-bond acceptors (Lipinski definition) is 3. The molecule has 17 heavy (non-hydrogen) atoms. The van der Waals surface area contributed by atoms with E-state index < -0.39 is 20.3 Å². The summed E-state index contributed by atoms with van der Waals surface area (Å²) in [6, 6.07) is 0. The molecule has 102 valence electrons. The lowest BCUT2D eigenvalue weighted by Crippen LogP contribution is -2.34. The van der Waals surface area contributed by atoms with E-state index in [1.165, 1.54) is 0 Å². The first-order valence-corrected chi connectivity index (χ1v) is 7.94. The first-order chi connectivity index (χ1) is 7.66. The van der Waals surface area contributed by atoms with E-state index in [9.17, 15) is 12.8 Å². The molecular weight excluding hydrogens is 241 g/mol. The number of hydrogen-bond donors (Lipinski definition) is 1. The Balaban J connectivity index is 2.60. The van der Waals surface area contributed by atoms with Gasteiger partial charge in [0, 0.05) is 0 Å². The Hall–Kier alpha value is -0.160. The summed E-state index contributed by atoms with van der Waals surface area (Å²) in [7, 11) is -3.21. The number of rotatable bonds is 3. The van der Waals surface area contributed by atoms with Crippen LogP contribution in [-0.2, 0) is 9.84 Å². The molecule has 1 N–H and O–H groups in total. The summed E-state index contributed by atoms with van der Waals surface area (Å²) in [4.78, 5) is 0. The normalized spacial score (nSPS) is 27.8. The molecule has 1 heterocycles. The Morgan fingerprint density at radius 1 is 1.24 bits per heavy atom. The second-order valence-corrected chi connectivity index (χ2v) is 8.80. The molecular formula is C12H24FNO2S. The van der Waals surface area contributed by atoms with Gasteiger partial charge in [-0.2, -0.15) is 0 Å². The first kappa shape index (κ1) is 14.9. The van der Waals surface area contributed by atoms with E-state index >= 15 is 0 Å². The van der Waals surface area contributed by atoms with Crippen molar-refractivity contribution in [3.05, 3.63) is 0 Å². The zero-order valence-electron chi connectivity index (χ0n) is 11.1. The third-order valence-corrected chi connectivity index (χ3v) is 6.09. The van der Waals surface area contributed by atoms with E-state index in [0.29, 0.717) is 19.4 Å². The zero-order valence-corrected chi connectivity index (χ0v) is 11.9. The van der Waals surface area contributed by atoms with Crippen LogP contribution in [0, 0.1) is 0 Å². The van der Waals surface area contributed by atoms with Gasteiger partial charge < -0.3 is 5.32 Å². The average Bonchev–Trinajstić information content (AvgIpc) is 2.40. The lowest BCUT2D eigenvalue weighted by molar-refractivity contribution is 0.139. The highest BCUT2D eigenvalue weighted by Crippen LogP contribution is 2.30. The molecule has 0 aromatic rings. The van der Waals surface area contributed by atoms with Crippen LogP contribution in [0.4, 0.5) is 4.39 Å². The van der Waals surface area contributed by atoms with Crippen LogP contribution >= 0.6 is 0 Å². The highest BCUT2D eigenvalue weighted by Gasteiger charge is 2.35. The molecule has 0 amide bonds. The van der Waals surface area contributed by atoms with Crippen molar-refractivity contribution in [3.8, 4) is 0 Å². The summed E-state index contributed by atoms with van der Waals surface area (Å²) >= 11 is 0. The molecule has 0 aromatic heterocycles. The van der Waals surface area contributed by atoms with E-state index in [2.05, 4.69) is 5.32 Å². The smallest absolute Gasteiger partial charge is 0.155 e. The Morgan fingerprint density at radius 3 is 2.47 bits per heavy atom. The molecule has 1 aliphatic rings. The summed E-state index contributed by atoms with van der Waals surface area (Å²) in [6.45, 7) is 6.48. The Morgan fingerprint density at radius 2 is 1.88 bits per heavy atom. The molecule has 0 bridgehead atoms. The molecule has 0 saturated carbocycles. The largest absolute Gasteiger partial charge is 0.317 e. The topological polar surface area (TPSA) is 46.2 Å². The molecule has 5 heteroatoms. The Labute approximate surface area is 104 Å². The number of alkyl halides is 1. The highest BCUT2D eigenvalue weighted by molar-refractivity contribution is 7.92. The van der Waals surface area contributed by atoms with Crippen LogP contribution in [0.5, 0.6) is 0 Å². The Kier molecular flexibility index (Phi) is 4.58. The van der Waals surface area contributed by atoms with Crippen molar-refractivity contribution in [2.45, 2.75) is 56.9 Å². The fourth-order valence-corrected chi connectivity index (χ4v) is 3.21. The van der Waals surface area contributed by atoms with Gasteiger partial charge in [0.1, 0.15) is 5.67 Å². The van der Waals surface area contributed by atoms with Crippen molar-refractivity contribution in [2.75, 3.05) is 18.8 Å². The van der Waals surface area contributed by atoms with Crippen molar-refractivity contribution in [1.82, 2.24) is 5.32 Å². The first-order valence-electron chi connectivity index (χ1n) is 6.28. The predicted octanol–water partition coefficient (Wildman–Crippen LogP) is 2.07. The van der Waals surface area contributed by atoms with E-state index in [0.717, 1.165) is 13.0 Å². The van der Waals surface area contributed by atoms with Gasteiger partial charge in [-0.1, -0.05) is 0 Å². The van der Waals surface area contributed by atoms with Crippen LogP contribution in [0.3, 0.4) is 0 Å². The van der Waals surface area contributed by atoms with Gasteiger partial charge in [0.05, 0.1) is 10.5 Å². The lowest BCUT2D eigenvalue weighted by atomic mass is 9.94. The van der Waals surface area contributed by atoms with Gasteiger partial charge >= 0.3 is 0 Å². The van der Waals surface area contributed by atoms with E-state index in [1.54, 1.807) is 20.8 Å². The molecule has 1 fully saturated rings. The lowest BCUT2D eigenvalue weighted by Gasteiger charge is -2.26. The van der Waals surface area contributed by atoms with Crippen molar-refractivity contribution in [1.29, 1.82) is 0 Å². The minimum Gasteiger partial charge on any atom is -0.317 e. The second kappa shape index (κ2) is 5.22. The van der Waals surface area contributed by atoms with Crippen molar-refractivity contribution in [3.63, 3.8) is 0 Å². The van der Waals surface area contributed by atoms with Crippen molar-refractivity contribution < 1.29 is 12.8 Å². The predicted molar refractivity (Wildman–Crippen MR) is 68.7 cm³/mol. The van der Waals surface area contributed by atoms with E-state index in [4.69, 9.17) is 0 Å². The molecule has 0 radical (unpaired) electrons. The minimum absolute atomic E-state index is 0.0486. The maximum absolute atomic E-state index is 14.4. The van der Waals surface area contributed by atoms with Crippen LogP contribution < -0.4 is 5.32 Å². The van der Waals surface area contributed by atoms with Gasteiger partial charge in [0.25, 0.3) is 0 Å². The van der Waals surface area contributed by atoms with Gasteiger partial charge in [0.2, 0.25) is 0 Å². The monoisotopic (exact) mass is 265 g/mol. The van der Waals surface area contributed by atoms with Crippen LogP contribution in [0.25, 0.3) is 0 Å². The minimum atomic E-state index is -3.21. The number of nitrogens with one attached hydrogen (secondary N) is 1. The van der Waals surface area contributed by atoms with Gasteiger partial charge in [-0.15, -0.1) is 0 Å². The van der Waals surface area contributed by atoms with Crippen LogP contribution in [-0.4, -0.2) is 37.7 Å². The maximum atomic E-state index is 14.4. The fourth-order valence-electron chi connectivity index (χ4n) is 1.97. The summed E-state index contributed by atoms with van der Waals surface area (Å²) in [5.74, 6) is -0.0486. The van der Waals surface area contributed by atoms with Gasteiger partial charge in [-0.3, -0.25) is 0 Å². The van der Waals surface area contributed by atoms with Crippen LogP contribution in [0.1, 0.15) is 46.5 Å².